The molecule has 0 saturated carbocycles. The molecule has 0 bridgehead atoms. The number of piperazine rings is 2. The van der Waals surface area contributed by atoms with E-state index < -0.39 is 0 Å². The molecule has 0 aromatic carbocycles. The number of ether oxygens (including phenoxy) is 1. The van der Waals surface area contributed by atoms with Crippen LogP contribution in [0.2, 0.25) is 0 Å². The van der Waals surface area contributed by atoms with E-state index in [1.807, 2.05) is 0 Å². The van der Waals surface area contributed by atoms with Gasteiger partial charge < -0.3 is 31.7 Å². The highest BCUT2D eigenvalue weighted by atomic mass is 16.6. The third-order valence-electron chi connectivity index (χ3n) is 3.22. The number of carbonyl (C=O) groups excluding carboxylic acids is 1. The van der Waals surface area contributed by atoms with E-state index in [-0.39, 0.29) is 6.09 Å². The smallest absolute Gasteiger partial charge is 0.407 e. The van der Waals surface area contributed by atoms with Crippen molar-refractivity contribution in [3.8, 4) is 0 Å². The zero-order valence-corrected chi connectivity index (χ0v) is 12.8. The Bertz CT molecular complexity index is 235. The summed E-state index contributed by atoms with van der Waals surface area (Å²) in [7, 11) is 0. The monoisotopic (exact) mass is 302 g/mol. The van der Waals surface area contributed by atoms with E-state index >= 15 is 0 Å². The molecule has 0 aromatic heterocycles. The quantitative estimate of drug-likeness (QED) is 0.393. The van der Waals surface area contributed by atoms with Crippen molar-refractivity contribution in [3.63, 3.8) is 0 Å². The van der Waals surface area contributed by atoms with E-state index in [0.29, 0.717) is 13.2 Å². The number of nitrogens with zero attached hydrogens (tertiary/aromatic N) is 1. The van der Waals surface area contributed by atoms with Crippen molar-refractivity contribution < 1.29 is 9.53 Å². The van der Waals surface area contributed by atoms with Gasteiger partial charge >= 0.3 is 6.09 Å². The van der Waals surface area contributed by atoms with Crippen molar-refractivity contribution in [2.75, 3.05) is 78.6 Å². The van der Waals surface area contributed by atoms with Gasteiger partial charge in [0.15, 0.2) is 0 Å². The molecule has 0 aromatic rings. The van der Waals surface area contributed by atoms with Crippen LogP contribution in [0.15, 0.2) is 0 Å². The van der Waals surface area contributed by atoms with Crippen LogP contribution in [0.25, 0.3) is 0 Å². The fraction of sp³-hybridized carbons (Fsp3) is 0.923. The molecule has 21 heavy (non-hydrogen) atoms. The average molecular weight is 302 g/mol. The van der Waals surface area contributed by atoms with Crippen LogP contribution < -0.4 is 27.0 Å². The Kier molecular flexibility index (Phi) is 11.0. The second kappa shape index (κ2) is 12.8. The number of cyclic esters (lactones) is 1. The van der Waals surface area contributed by atoms with Crippen LogP contribution >= 0.6 is 0 Å². The van der Waals surface area contributed by atoms with Crippen molar-refractivity contribution in [2.24, 2.45) is 5.73 Å². The van der Waals surface area contributed by atoms with E-state index in [4.69, 9.17) is 5.73 Å². The Hall–Kier alpha value is -0.930. The number of hydrogen-bond donors (Lipinski definition) is 5. The van der Waals surface area contributed by atoms with E-state index in [2.05, 4.69) is 30.9 Å². The summed E-state index contributed by atoms with van der Waals surface area (Å²) >= 11 is 0. The summed E-state index contributed by atoms with van der Waals surface area (Å²) < 4.78 is 4.40. The molecule has 0 aliphatic carbocycles. The molecule has 3 heterocycles. The minimum absolute atomic E-state index is 0.296. The molecule has 0 spiro atoms. The van der Waals surface area contributed by atoms with E-state index in [0.717, 1.165) is 65.4 Å². The van der Waals surface area contributed by atoms with Crippen LogP contribution in [0.5, 0.6) is 0 Å². The maximum atomic E-state index is 9.91. The summed E-state index contributed by atoms with van der Waals surface area (Å²) in [5.41, 5.74) is 5.40. The molecular formula is C13H30N6O2. The lowest BCUT2D eigenvalue weighted by atomic mass is 10.3. The van der Waals surface area contributed by atoms with Crippen molar-refractivity contribution in [2.45, 2.75) is 0 Å². The minimum Gasteiger partial charge on any atom is -0.448 e. The summed E-state index contributed by atoms with van der Waals surface area (Å²) in [5, 5.41) is 12.2. The molecular weight excluding hydrogens is 272 g/mol. The minimum atomic E-state index is -0.296. The number of carbonyl (C=O) groups is 1. The van der Waals surface area contributed by atoms with Gasteiger partial charge in [0.2, 0.25) is 0 Å². The highest BCUT2D eigenvalue weighted by Gasteiger charge is 2.06. The molecule has 3 rings (SSSR count). The summed E-state index contributed by atoms with van der Waals surface area (Å²) in [4.78, 5) is 12.3. The highest BCUT2D eigenvalue weighted by molar-refractivity contribution is 5.68. The van der Waals surface area contributed by atoms with Crippen molar-refractivity contribution >= 4 is 6.09 Å². The topological polar surface area (TPSA) is 104 Å². The van der Waals surface area contributed by atoms with Crippen molar-refractivity contribution in [1.29, 1.82) is 0 Å². The second-order valence-electron chi connectivity index (χ2n) is 4.94. The Morgan fingerprint density at radius 1 is 0.952 bits per heavy atom. The Morgan fingerprint density at radius 3 is 1.86 bits per heavy atom. The van der Waals surface area contributed by atoms with Gasteiger partial charge in [-0.1, -0.05) is 0 Å². The van der Waals surface area contributed by atoms with Gasteiger partial charge in [0, 0.05) is 65.4 Å². The maximum Gasteiger partial charge on any atom is 0.407 e. The molecule has 3 aliphatic heterocycles. The fourth-order valence-electron chi connectivity index (χ4n) is 2.07. The van der Waals surface area contributed by atoms with Gasteiger partial charge in [-0.25, -0.2) is 4.79 Å². The Balaban J connectivity index is 0.000000163. The predicted molar refractivity (Wildman–Crippen MR) is 83.5 cm³/mol. The predicted octanol–water partition coefficient (Wildman–Crippen LogP) is -2.24. The maximum absolute atomic E-state index is 9.91. The SMILES string of the molecule is C1CNCCN1.NCCN1CCNCC1.O=C1NCCO1. The Morgan fingerprint density at radius 2 is 1.52 bits per heavy atom. The molecule has 8 nitrogen and oxygen atoms in total. The van der Waals surface area contributed by atoms with E-state index in [1.54, 1.807) is 0 Å². The normalized spacial score (nSPS) is 22.0. The van der Waals surface area contributed by atoms with Crippen LogP contribution in [0, 0.1) is 0 Å². The highest BCUT2D eigenvalue weighted by Crippen LogP contribution is 1.88. The molecule has 1 amide bonds. The number of nitrogens with one attached hydrogen (secondary N) is 4. The van der Waals surface area contributed by atoms with Crippen molar-refractivity contribution in [1.82, 2.24) is 26.2 Å². The second-order valence-corrected chi connectivity index (χ2v) is 4.94. The zero-order valence-electron chi connectivity index (χ0n) is 12.8. The molecule has 0 radical (unpaired) electrons. The largest absolute Gasteiger partial charge is 0.448 e. The summed E-state index contributed by atoms with van der Waals surface area (Å²) in [6.45, 7) is 12.2. The van der Waals surface area contributed by atoms with Crippen LogP contribution in [-0.4, -0.2) is 89.6 Å². The van der Waals surface area contributed by atoms with Crippen LogP contribution in [0.4, 0.5) is 4.79 Å². The van der Waals surface area contributed by atoms with E-state index in [9.17, 15) is 4.79 Å². The van der Waals surface area contributed by atoms with Gasteiger partial charge in [-0.05, 0) is 0 Å². The van der Waals surface area contributed by atoms with Crippen LogP contribution in [-0.2, 0) is 4.74 Å². The van der Waals surface area contributed by atoms with Gasteiger partial charge in [0.1, 0.15) is 6.61 Å². The molecule has 0 unspecified atom stereocenters. The number of hydrogen-bond acceptors (Lipinski definition) is 7. The molecule has 3 fully saturated rings. The summed E-state index contributed by atoms with van der Waals surface area (Å²) in [5.74, 6) is 0. The zero-order chi connectivity index (χ0) is 15.2. The van der Waals surface area contributed by atoms with Crippen molar-refractivity contribution in [3.05, 3.63) is 0 Å². The molecule has 3 aliphatic rings. The third-order valence-corrected chi connectivity index (χ3v) is 3.22. The summed E-state index contributed by atoms with van der Waals surface area (Å²) in [6, 6.07) is 0. The summed E-state index contributed by atoms with van der Waals surface area (Å²) in [6.07, 6.45) is -0.296. The first kappa shape index (κ1) is 18.1. The number of rotatable bonds is 2. The van der Waals surface area contributed by atoms with E-state index in [1.165, 1.54) is 0 Å². The van der Waals surface area contributed by atoms with Crippen LogP contribution in [0.3, 0.4) is 0 Å². The standard InChI is InChI=1S/C6H15N3.C4H10N2.C3H5NO2/c7-1-4-9-5-2-8-3-6-9;1-2-6-4-3-5-1;5-3-4-1-2-6-3/h8H,1-7H2;5-6H,1-4H2;1-2H2,(H,4,5). The average Bonchev–Trinajstić information content (AvgIpc) is 3.03. The van der Waals surface area contributed by atoms with Gasteiger partial charge in [-0.2, -0.15) is 0 Å². The first-order valence-corrected chi connectivity index (χ1v) is 7.78. The molecule has 3 saturated heterocycles. The first-order valence-electron chi connectivity index (χ1n) is 7.78. The van der Waals surface area contributed by atoms with Gasteiger partial charge in [-0.3, -0.25) is 4.90 Å². The number of alkyl carbamates (subject to hydrolysis) is 1. The van der Waals surface area contributed by atoms with Gasteiger partial charge in [0.25, 0.3) is 0 Å². The molecule has 8 heteroatoms. The van der Waals surface area contributed by atoms with Crippen LogP contribution in [0.1, 0.15) is 0 Å². The number of amides is 1. The first-order chi connectivity index (χ1) is 10.3. The third kappa shape index (κ3) is 10.4. The Labute approximate surface area is 127 Å². The number of nitrogens with two attached hydrogens (primary N) is 1. The lowest BCUT2D eigenvalue weighted by Gasteiger charge is -2.26. The lowest BCUT2D eigenvalue weighted by molar-refractivity contribution is 0.178. The fourth-order valence-corrected chi connectivity index (χ4v) is 2.07. The van der Waals surface area contributed by atoms with Gasteiger partial charge in [-0.15, -0.1) is 0 Å². The molecule has 6 N–H and O–H groups in total. The lowest BCUT2D eigenvalue weighted by Crippen LogP contribution is -2.45. The van der Waals surface area contributed by atoms with Gasteiger partial charge in [0.05, 0.1) is 6.54 Å². The molecule has 124 valence electrons. The molecule has 0 atom stereocenters.